The molecule has 0 radical (unpaired) electrons. The highest BCUT2D eigenvalue weighted by Gasteiger charge is 2.13. The number of carbonyl (C=O) groups excluding carboxylic acids is 1. The summed E-state index contributed by atoms with van der Waals surface area (Å²) in [5.74, 6) is 1.38. The van der Waals surface area contributed by atoms with Crippen molar-refractivity contribution in [1.82, 2.24) is 0 Å². The Balaban J connectivity index is 2.78. The fourth-order valence-electron chi connectivity index (χ4n) is 2.58. The highest BCUT2D eigenvalue weighted by atomic mass is 16.5. The van der Waals surface area contributed by atoms with Gasteiger partial charge in [-0.25, -0.2) is 0 Å². The molecule has 0 aromatic heterocycles. The molecule has 134 valence electrons. The van der Waals surface area contributed by atoms with Crippen molar-refractivity contribution in [1.29, 1.82) is 0 Å². The van der Waals surface area contributed by atoms with E-state index in [-0.39, 0.29) is 6.10 Å². The predicted octanol–water partition coefficient (Wildman–Crippen LogP) is 5.97. The van der Waals surface area contributed by atoms with Gasteiger partial charge in [0.2, 0.25) is 0 Å². The summed E-state index contributed by atoms with van der Waals surface area (Å²) in [6.45, 7) is 6.85. The Kier molecular flexibility index (Phi) is 10.7. The molecule has 0 aliphatic rings. The maximum absolute atomic E-state index is 11.0. The molecule has 0 saturated carbocycles. The lowest BCUT2D eigenvalue weighted by Crippen LogP contribution is -2.16. The first-order valence-electron chi connectivity index (χ1n) is 9.28. The van der Waals surface area contributed by atoms with Crippen LogP contribution in [0.25, 0.3) is 0 Å². The van der Waals surface area contributed by atoms with Crippen LogP contribution in [0, 0.1) is 0 Å². The molecule has 1 rings (SSSR count). The van der Waals surface area contributed by atoms with E-state index in [2.05, 4.69) is 26.0 Å². The summed E-state index contributed by atoms with van der Waals surface area (Å²) < 4.78 is 11.9. The summed E-state index contributed by atoms with van der Waals surface area (Å²) in [6.07, 6.45) is 13.3. The number of benzene rings is 1. The van der Waals surface area contributed by atoms with Crippen LogP contribution in [0.4, 0.5) is 0 Å². The Labute approximate surface area is 147 Å². The Morgan fingerprint density at radius 1 is 1.04 bits per heavy atom. The Morgan fingerprint density at radius 3 is 2.54 bits per heavy atom. The molecule has 24 heavy (non-hydrogen) atoms. The van der Waals surface area contributed by atoms with E-state index in [0.29, 0.717) is 17.9 Å². The molecule has 0 fully saturated rings. The van der Waals surface area contributed by atoms with E-state index in [0.717, 1.165) is 31.3 Å². The molecule has 1 unspecified atom stereocenters. The predicted molar refractivity (Wildman–Crippen MR) is 100 cm³/mol. The van der Waals surface area contributed by atoms with Gasteiger partial charge < -0.3 is 9.47 Å². The number of ether oxygens (including phenoxy) is 2. The molecule has 0 amide bonds. The normalized spacial score (nSPS) is 12.3. The Hall–Kier alpha value is -1.77. The second kappa shape index (κ2) is 12.6. The van der Waals surface area contributed by atoms with Crippen molar-refractivity contribution < 1.29 is 14.3 Å². The van der Waals surface area contributed by atoms with Gasteiger partial charge in [0.15, 0.2) is 11.5 Å². The van der Waals surface area contributed by atoms with Crippen LogP contribution >= 0.6 is 0 Å². The second-order valence-electron chi connectivity index (χ2n) is 5.96. The summed E-state index contributed by atoms with van der Waals surface area (Å²) >= 11 is 0. The first-order chi connectivity index (χ1) is 11.7. The van der Waals surface area contributed by atoms with E-state index in [1.807, 2.05) is 13.0 Å². The minimum Gasteiger partial charge on any atom is -0.490 e. The summed E-state index contributed by atoms with van der Waals surface area (Å²) in [7, 11) is 0. The third-order valence-corrected chi connectivity index (χ3v) is 3.88. The van der Waals surface area contributed by atoms with Crippen LogP contribution < -0.4 is 9.47 Å². The zero-order valence-electron chi connectivity index (χ0n) is 15.4. The van der Waals surface area contributed by atoms with Gasteiger partial charge in [-0.1, -0.05) is 45.3 Å². The van der Waals surface area contributed by atoms with Gasteiger partial charge in [0.25, 0.3) is 0 Å². The van der Waals surface area contributed by atoms with Gasteiger partial charge >= 0.3 is 0 Å². The third-order valence-electron chi connectivity index (χ3n) is 3.88. The van der Waals surface area contributed by atoms with Crippen LogP contribution in [0.1, 0.15) is 76.1 Å². The smallest absolute Gasteiger partial charge is 0.161 e. The van der Waals surface area contributed by atoms with Crippen LogP contribution in [-0.4, -0.2) is 19.0 Å². The lowest BCUT2D eigenvalue weighted by atomic mass is 10.1. The maximum Gasteiger partial charge on any atom is 0.161 e. The van der Waals surface area contributed by atoms with E-state index in [1.165, 1.54) is 25.7 Å². The van der Waals surface area contributed by atoms with Crippen molar-refractivity contribution in [3.8, 4) is 11.5 Å². The molecule has 1 aromatic carbocycles. The monoisotopic (exact) mass is 332 g/mol. The van der Waals surface area contributed by atoms with Crippen molar-refractivity contribution in [3.63, 3.8) is 0 Å². The fraction of sp³-hybridized carbons (Fsp3) is 0.571. The van der Waals surface area contributed by atoms with E-state index < -0.39 is 0 Å². The molecular weight excluding hydrogens is 300 g/mol. The highest BCUT2D eigenvalue weighted by molar-refractivity contribution is 5.76. The molecule has 0 N–H and O–H groups in total. The van der Waals surface area contributed by atoms with Gasteiger partial charge in [-0.2, -0.15) is 0 Å². The zero-order chi connectivity index (χ0) is 17.6. The van der Waals surface area contributed by atoms with Crippen molar-refractivity contribution >= 4 is 6.29 Å². The molecule has 3 nitrogen and oxygen atoms in total. The van der Waals surface area contributed by atoms with Crippen molar-refractivity contribution in [2.45, 2.75) is 71.8 Å². The number of hydrogen-bond acceptors (Lipinski definition) is 3. The van der Waals surface area contributed by atoms with E-state index in [9.17, 15) is 4.79 Å². The van der Waals surface area contributed by atoms with E-state index in [4.69, 9.17) is 9.47 Å². The van der Waals surface area contributed by atoms with Crippen molar-refractivity contribution in [2.24, 2.45) is 0 Å². The van der Waals surface area contributed by atoms with E-state index in [1.54, 1.807) is 12.1 Å². The minimum absolute atomic E-state index is 0.144. The lowest BCUT2D eigenvalue weighted by Gasteiger charge is -2.20. The van der Waals surface area contributed by atoms with Gasteiger partial charge in [0, 0.05) is 12.0 Å². The first-order valence-corrected chi connectivity index (χ1v) is 9.28. The van der Waals surface area contributed by atoms with Crippen molar-refractivity contribution in [3.05, 3.63) is 35.9 Å². The molecule has 0 heterocycles. The average Bonchev–Trinajstić information content (AvgIpc) is 2.60. The van der Waals surface area contributed by atoms with Gasteiger partial charge in [-0.05, 0) is 44.4 Å². The molecule has 1 aromatic rings. The van der Waals surface area contributed by atoms with Crippen LogP contribution in [0.15, 0.2) is 30.4 Å². The van der Waals surface area contributed by atoms with Gasteiger partial charge in [-0.3, -0.25) is 4.79 Å². The molecule has 0 aliphatic carbocycles. The summed E-state index contributed by atoms with van der Waals surface area (Å²) in [5.41, 5.74) is 0.608. The largest absolute Gasteiger partial charge is 0.490 e. The van der Waals surface area contributed by atoms with Crippen molar-refractivity contribution in [2.75, 3.05) is 6.61 Å². The van der Waals surface area contributed by atoms with Gasteiger partial charge in [0.1, 0.15) is 12.4 Å². The quantitative estimate of drug-likeness (QED) is 0.253. The zero-order valence-corrected chi connectivity index (χ0v) is 15.4. The fourth-order valence-corrected chi connectivity index (χ4v) is 2.58. The first kappa shape index (κ1) is 20.3. The number of aldehydes is 1. The number of rotatable bonds is 13. The molecule has 3 heteroatoms. The number of carbonyl (C=O) groups is 1. The standard InChI is InChI=1S/C21H32O3/c1-4-7-9-11-13-19(12-10-8-5-2)24-20-15-14-18(17-22)16-21(20)23-6-3/h8,10,14-17,19H,4-7,9,11-13H2,1-3H3. The number of hydrogen-bond donors (Lipinski definition) is 0. The van der Waals surface area contributed by atoms with Crippen LogP contribution in [-0.2, 0) is 0 Å². The highest BCUT2D eigenvalue weighted by Crippen LogP contribution is 2.30. The molecule has 0 saturated heterocycles. The molecule has 0 aliphatic heterocycles. The Bertz CT molecular complexity index is 494. The van der Waals surface area contributed by atoms with Gasteiger partial charge in [-0.15, -0.1) is 0 Å². The van der Waals surface area contributed by atoms with Crippen LogP contribution in [0.3, 0.4) is 0 Å². The Morgan fingerprint density at radius 2 is 1.88 bits per heavy atom. The lowest BCUT2D eigenvalue weighted by molar-refractivity contribution is 0.112. The molecular formula is C21H32O3. The van der Waals surface area contributed by atoms with Crippen LogP contribution in [0.2, 0.25) is 0 Å². The van der Waals surface area contributed by atoms with E-state index >= 15 is 0 Å². The average molecular weight is 332 g/mol. The number of allylic oxidation sites excluding steroid dienone is 1. The van der Waals surface area contributed by atoms with Crippen LogP contribution in [0.5, 0.6) is 11.5 Å². The van der Waals surface area contributed by atoms with Gasteiger partial charge in [0.05, 0.1) is 6.61 Å². The number of unbranched alkanes of at least 4 members (excludes halogenated alkanes) is 3. The third kappa shape index (κ3) is 7.67. The second-order valence-corrected chi connectivity index (χ2v) is 5.96. The molecule has 1 atom stereocenters. The molecule has 0 spiro atoms. The maximum atomic E-state index is 11.0. The topological polar surface area (TPSA) is 35.5 Å². The minimum atomic E-state index is 0.144. The summed E-state index contributed by atoms with van der Waals surface area (Å²) in [5, 5.41) is 0. The molecule has 0 bridgehead atoms. The SMILES string of the molecule is CCC=CCC(CCCCCC)Oc1ccc(C=O)cc1OCC. The summed E-state index contributed by atoms with van der Waals surface area (Å²) in [6, 6.07) is 5.38. The summed E-state index contributed by atoms with van der Waals surface area (Å²) in [4.78, 5) is 11.0.